The van der Waals surface area contributed by atoms with E-state index in [0.29, 0.717) is 22.9 Å². The molecule has 4 nitrogen and oxygen atoms in total. The molecule has 0 aliphatic rings. The third-order valence-corrected chi connectivity index (χ3v) is 5.15. The smallest absolute Gasteiger partial charge is 0.271 e. The van der Waals surface area contributed by atoms with Crippen molar-refractivity contribution in [3.05, 3.63) is 96.5 Å². The molecule has 0 aliphatic carbocycles. The van der Waals surface area contributed by atoms with E-state index in [1.165, 1.54) is 0 Å². The van der Waals surface area contributed by atoms with E-state index < -0.39 is 0 Å². The molecule has 7 heteroatoms. The highest BCUT2D eigenvalue weighted by Crippen LogP contribution is 2.23. The normalized spacial score (nSPS) is 10.8. The number of halogens is 3. The van der Waals surface area contributed by atoms with Crippen LogP contribution < -0.4 is 10.2 Å². The largest absolute Gasteiger partial charge is 0.488 e. The van der Waals surface area contributed by atoms with Crippen molar-refractivity contribution in [2.24, 2.45) is 5.10 Å². The summed E-state index contributed by atoms with van der Waals surface area (Å²) in [7, 11) is 0. The molecule has 0 saturated carbocycles. The van der Waals surface area contributed by atoms with Crippen LogP contribution in [0.5, 0.6) is 5.75 Å². The number of amides is 1. The topological polar surface area (TPSA) is 50.7 Å². The zero-order chi connectivity index (χ0) is 19.9. The Morgan fingerprint density at radius 2 is 1.93 bits per heavy atom. The Labute approximate surface area is 190 Å². The summed E-state index contributed by atoms with van der Waals surface area (Å²) in [6.07, 6.45) is 1.56. The van der Waals surface area contributed by atoms with Crippen LogP contribution >= 0.6 is 50.1 Å². The van der Waals surface area contributed by atoms with Crippen molar-refractivity contribution in [3.8, 4) is 5.75 Å². The number of hydrogen-bond donors (Lipinski definition) is 1. The van der Waals surface area contributed by atoms with Gasteiger partial charge in [-0.05, 0) is 76.7 Å². The summed E-state index contributed by atoms with van der Waals surface area (Å²) >= 11 is 11.5. The molecular formula is C21H15BrClIN2O2. The second kappa shape index (κ2) is 10.0. The molecule has 1 amide bonds. The van der Waals surface area contributed by atoms with Gasteiger partial charge in [0.05, 0.1) is 6.21 Å². The lowest BCUT2D eigenvalue weighted by atomic mass is 10.2. The third-order valence-electron chi connectivity index (χ3n) is 3.74. The minimum absolute atomic E-state index is 0.270. The van der Waals surface area contributed by atoms with Gasteiger partial charge in [-0.25, -0.2) is 5.43 Å². The summed E-state index contributed by atoms with van der Waals surface area (Å²) in [6, 6.07) is 20.4. The van der Waals surface area contributed by atoms with E-state index in [1.54, 1.807) is 18.3 Å². The zero-order valence-corrected chi connectivity index (χ0v) is 19.0. The monoisotopic (exact) mass is 568 g/mol. The van der Waals surface area contributed by atoms with E-state index in [-0.39, 0.29) is 5.91 Å². The highest BCUT2D eigenvalue weighted by molar-refractivity contribution is 14.1. The molecule has 0 aromatic heterocycles. The van der Waals surface area contributed by atoms with Crippen LogP contribution in [-0.4, -0.2) is 12.1 Å². The fourth-order valence-electron chi connectivity index (χ4n) is 2.35. The number of nitrogens with zero attached hydrogens (tertiary/aromatic N) is 1. The summed E-state index contributed by atoms with van der Waals surface area (Å²) in [5, 5.41) is 4.75. The molecule has 0 radical (unpaired) electrons. The lowest BCUT2D eigenvalue weighted by Gasteiger charge is -2.10. The van der Waals surface area contributed by atoms with E-state index in [1.807, 2.05) is 54.6 Å². The van der Waals surface area contributed by atoms with Gasteiger partial charge in [0.15, 0.2) is 0 Å². The number of benzene rings is 3. The molecule has 0 fully saturated rings. The molecule has 0 unspecified atom stereocenters. The third kappa shape index (κ3) is 6.05. The minimum Gasteiger partial charge on any atom is -0.488 e. The molecular weight excluding hydrogens is 555 g/mol. The van der Waals surface area contributed by atoms with E-state index in [9.17, 15) is 4.79 Å². The molecule has 142 valence electrons. The zero-order valence-electron chi connectivity index (χ0n) is 14.5. The average molecular weight is 570 g/mol. The quantitative estimate of drug-likeness (QED) is 0.223. The van der Waals surface area contributed by atoms with Crippen LogP contribution in [0.3, 0.4) is 0 Å². The predicted octanol–water partition coefficient (Wildman–Crippen LogP) is 6.05. The van der Waals surface area contributed by atoms with E-state index in [0.717, 1.165) is 19.2 Å². The van der Waals surface area contributed by atoms with Crippen molar-refractivity contribution in [2.75, 3.05) is 0 Å². The Morgan fingerprint density at radius 1 is 1.14 bits per heavy atom. The second-order valence-electron chi connectivity index (χ2n) is 5.81. The molecule has 28 heavy (non-hydrogen) atoms. The highest BCUT2D eigenvalue weighted by Gasteiger charge is 2.06. The van der Waals surface area contributed by atoms with Gasteiger partial charge in [-0.1, -0.05) is 45.7 Å². The Morgan fingerprint density at radius 3 is 2.68 bits per heavy atom. The van der Waals surface area contributed by atoms with Crippen molar-refractivity contribution < 1.29 is 9.53 Å². The summed E-state index contributed by atoms with van der Waals surface area (Å²) in [6.45, 7) is 0.397. The molecule has 0 saturated heterocycles. The molecule has 0 aliphatic heterocycles. The molecule has 0 bridgehead atoms. The first kappa shape index (κ1) is 20.8. The fraction of sp³-hybridized carbons (Fsp3) is 0.0476. The number of carbonyl (C=O) groups excluding carboxylic acids is 1. The lowest BCUT2D eigenvalue weighted by Crippen LogP contribution is -2.17. The molecule has 1 N–H and O–H groups in total. The van der Waals surface area contributed by atoms with Crippen molar-refractivity contribution in [1.82, 2.24) is 5.43 Å². The van der Waals surface area contributed by atoms with Crippen molar-refractivity contribution in [3.63, 3.8) is 0 Å². The van der Waals surface area contributed by atoms with Gasteiger partial charge in [0.2, 0.25) is 0 Å². The van der Waals surface area contributed by atoms with Crippen LogP contribution in [0.15, 0.2) is 76.3 Å². The molecule has 3 rings (SSSR count). The minimum atomic E-state index is -0.270. The Balaban J connectivity index is 1.68. The van der Waals surface area contributed by atoms with E-state index in [2.05, 4.69) is 49.0 Å². The van der Waals surface area contributed by atoms with Gasteiger partial charge < -0.3 is 4.74 Å². The van der Waals surface area contributed by atoms with Crippen LogP contribution in [0.25, 0.3) is 0 Å². The summed E-state index contributed by atoms with van der Waals surface area (Å²) in [5.41, 5.74) is 4.84. The highest BCUT2D eigenvalue weighted by atomic mass is 127. The second-order valence-corrected chi connectivity index (χ2v) is 8.40. The molecule has 3 aromatic rings. The number of rotatable bonds is 6. The first-order valence-corrected chi connectivity index (χ1v) is 10.5. The maximum absolute atomic E-state index is 12.2. The number of nitrogens with one attached hydrogen (secondary N) is 1. The number of hydrazone groups is 1. The Bertz CT molecular complexity index is 1010. The van der Waals surface area contributed by atoms with Crippen LogP contribution in [0.4, 0.5) is 0 Å². The molecule has 0 heterocycles. The van der Waals surface area contributed by atoms with Crippen molar-refractivity contribution in [1.29, 1.82) is 0 Å². The van der Waals surface area contributed by atoms with Crippen molar-refractivity contribution in [2.45, 2.75) is 6.61 Å². The van der Waals surface area contributed by atoms with Gasteiger partial charge in [-0.2, -0.15) is 5.10 Å². The molecule has 0 atom stereocenters. The first-order chi connectivity index (χ1) is 13.5. The predicted molar refractivity (Wildman–Crippen MR) is 124 cm³/mol. The van der Waals surface area contributed by atoms with Crippen LogP contribution in [0.1, 0.15) is 21.5 Å². The van der Waals surface area contributed by atoms with Gasteiger partial charge >= 0.3 is 0 Å². The number of hydrogen-bond acceptors (Lipinski definition) is 3. The fourth-order valence-corrected chi connectivity index (χ4v) is 3.40. The standard InChI is InChI=1S/C21H15BrClIN2O2/c22-17-6-9-20(28-13-14-4-7-18(23)8-5-14)16(10-17)12-25-26-21(27)15-2-1-3-19(24)11-15/h1-12H,13H2,(H,26,27)/b25-12-. The number of ether oxygens (including phenoxy) is 1. The maximum atomic E-state index is 12.2. The van der Waals surface area contributed by atoms with Gasteiger partial charge in [-0.3, -0.25) is 4.79 Å². The van der Waals surface area contributed by atoms with Crippen LogP contribution in [0, 0.1) is 3.57 Å². The Hall–Kier alpha value is -1.90. The van der Waals surface area contributed by atoms with Gasteiger partial charge in [0, 0.05) is 24.2 Å². The maximum Gasteiger partial charge on any atom is 0.271 e. The number of carbonyl (C=O) groups is 1. The SMILES string of the molecule is O=C(N/N=C\c1cc(Br)ccc1OCc1ccc(Cl)cc1)c1cccc(I)c1. The molecule has 3 aromatic carbocycles. The average Bonchev–Trinajstić information content (AvgIpc) is 2.68. The van der Waals surface area contributed by atoms with Crippen LogP contribution in [0.2, 0.25) is 5.02 Å². The Kier molecular flexibility index (Phi) is 7.47. The van der Waals surface area contributed by atoms with Gasteiger partial charge in [-0.15, -0.1) is 0 Å². The lowest BCUT2D eigenvalue weighted by molar-refractivity contribution is 0.0955. The van der Waals surface area contributed by atoms with Gasteiger partial charge in [0.1, 0.15) is 12.4 Å². The van der Waals surface area contributed by atoms with E-state index in [4.69, 9.17) is 16.3 Å². The molecule has 0 spiro atoms. The summed E-state index contributed by atoms with van der Waals surface area (Å²) in [5.74, 6) is 0.388. The van der Waals surface area contributed by atoms with Crippen LogP contribution in [-0.2, 0) is 6.61 Å². The summed E-state index contributed by atoms with van der Waals surface area (Å²) in [4.78, 5) is 12.2. The van der Waals surface area contributed by atoms with Crippen molar-refractivity contribution >= 4 is 62.2 Å². The first-order valence-electron chi connectivity index (χ1n) is 8.27. The van der Waals surface area contributed by atoms with E-state index >= 15 is 0 Å². The summed E-state index contributed by atoms with van der Waals surface area (Å²) < 4.78 is 7.78. The van der Waals surface area contributed by atoms with Gasteiger partial charge in [0.25, 0.3) is 5.91 Å².